The quantitative estimate of drug-likeness (QED) is 0.342. The van der Waals surface area contributed by atoms with Crippen molar-refractivity contribution in [2.45, 2.75) is 64.2 Å². The van der Waals surface area contributed by atoms with Crippen molar-refractivity contribution in [2.24, 2.45) is 0 Å². The van der Waals surface area contributed by atoms with Gasteiger partial charge < -0.3 is 14.8 Å². The molecule has 0 aliphatic rings. The molecule has 0 bridgehead atoms. The molecule has 3 aromatic rings. The van der Waals surface area contributed by atoms with Gasteiger partial charge in [-0.2, -0.15) is 0 Å². The summed E-state index contributed by atoms with van der Waals surface area (Å²) < 4.78 is 34.7. The second-order valence-electron chi connectivity index (χ2n) is 8.48. The van der Waals surface area contributed by atoms with E-state index in [4.69, 9.17) is 9.84 Å². The van der Waals surface area contributed by atoms with E-state index in [1.807, 2.05) is 6.92 Å². The van der Waals surface area contributed by atoms with Gasteiger partial charge in [-0.15, -0.1) is 5.10 Å². The van der Waals surface area contributed by atoms with Crippen LogP contribution in [0.2, 0.25) is 0 Å². The molecule has 0 saturated carbocycles. The third-order valence-electron chi connectivity index (χ3n) is 5.84. The van der Waals surface area contributed by atoms with Gasteiger partial charge in [0, 0.05) is 26.6 Å². The Hall–Kier alpha value is -2.76. The number of aliphatic hydroxyl groups is 1. The van der Waals surface area contributed by atoms with Crippen LogP contribution in [0.3, 0.4) is 0 Å². The number of ether oxygens (including phenoxy) is 1. The van der Waals surface area contributed by atoms with Crippen molar-refractivity contribution in [3.63, 3.8) is 0 Å². The molecular weight excluding hydrogens is 470 g/mol. The van der Waals surface area contributed by atoms with E-state index >= 15 is 0 Å². The summed E-state index contributed by atoms with van der Waals surface area (Å²) in [6.45, 7) is 6.18. The Morgan fingerprint density at radius 3 is 2.63 bits per heavy atom. The van der Waals surface area contributed by atoms with E-state index in [1.165, 1.54) is 23.5 Å². The van der Waals surface area contributed by atoms with Crippen molar-refractivity contribution in [3.05, 3.63) is 40.1 Å². The first-order chi connectivity index (χ1) is 16.7. The lowest BCUT2D eigenvalue weighted by atomic mass is 10.1. The number of H-pyrrole nitrogens is 1. The van der Waals surface area contributed by atoms with Gasteiger partial charge in [0.2, 0.25) is 10.0 Å². The lowest BCUT2D eigenvalue weighted by Crippen LogP contribution is -2.28. The first kappa shape index (κ1) is 26.8. The Morgan fingerprint density at radius 1 is 1.17 bits per heavy atom. The number of nitrogens with one attached hydrogen (secondary N) is 1. The number of aliphatic hydroxyl groups excluding tert-OH is 1. The molecule has 0 spiro atoms. The molecule has 3 rings (SSSR count). The lowest BCUT2D eigenvalue weighted by molar-refractivity contribution is 0.275. The number of hydrogen-bond donors (Lipinski definition) is 2. The van der Waals surface area contributed by atoms with Crippen LogP contribution >= 0.6 is 0 Å². The molecule has 2 N–H and O–H groups in total. The number of unbranched alkanes of at least 4 members (excludes halogenated alkanes) is 3. The Morgan fingerprint density at radius 2 is 1.94 bits per heavy atom. The van der Waals surface area contributed by atoms with Crippen molar-refractivity contribution in [1.29, 1.82) is 0 Å². The fraction of sp³-hybridized carbons (Fsp3) is 0.542. The predicted molar refractivity (Wildman–Crippen MR) is 134 cm³/mol. The molecule has 2 heterocycles. The summed E-state index contributed by atoms with van der Waals surface area (Å²) in [6, 6.07) is 4.50. The first-order valence-corrected chi connectivity index (χ1v) is 13.5. The molecular formula is C24H35N5O5S. The number of rotatable bonds is 13. The smallest absolute Gasteiger partial charge is 0.277 e. The number of hydrogen-bond acceptors (Lipinski definition) is 7. The summed E-state index contributed by atoms with van der Waals surface area (Å²) in [5.41, 5.74) is 0.994. The van der Waals surface area contributed by atoms with Gasteiger partial charge in [0.25, 0.3) is 5.56 Å². The van der Waals surface area contributed by atoms with E-state index in [2.05, 4.69) is 22.0 Å². The van der Waals surface area contributed by atoms with Gasteiger partial charge in [-0.1, -0.05) is 26.2 Å². The van der Waals surface area contributed by atoms with Crippen molar-refractivity contribution in [2.75, 3.05) is 26.8 Å². The zero-order valence-corrected chi connectivity index (χ0v) is 21.7. The van der Waals surface area contributed by atoms with Crippen LogP contribution in [0.15, 0.2) is 27.9 Å². The van der Waals surface area contributed by atoms with E-state index in [1.54, 1.807) is 17.5 Å². The maximum atomic E-state index is 13.1. The SMILES string of the molecule is CCCCCCc1nc(C)c2c(=O)[nH]c(-c3cc(S(=O)(=O)N(C)CCCO)ccc3OCC)nn12. The van der Waals surface area contributed by atoms with Gasteiger partial charge in [0.1, 0.15) is 11.6 Å². The molecule has 1 aromatic carbocycles. The minimum Gasteiger partial charge on any atom is -0.493 e. The predicted octanol–water partition coefficient (Wildman–Crippen LogP) is 2.92. The average Bonchev–Trinajstić information content (AvgIpc) is 3.16. The number of benzene rings is 1. The highest BCUT2D eigenvalue weighted by Gasteiger charge is 2.24. The molecule has 0 unspecified atom stereocenters. The van der Waals surface area contributed by atoms with Gasteiger partial charge in [-0.3, -0.25) is 4.79 Å². The summed E-state index contributed by atoms with van der Waals surface area (Å²) in [7, 11) is -2.36. The highest BCUT2D eigenvalue weighted by atomic mass is 32.2. The maximum absolute atomic E-state index is 13.1. The van der Waals surface area contributed by atoms with E-state index < -0.39 is 10.0 Å². The molecule has 2 aromatic heterocycles. The van der Waals surface area contributed by atoms with Crippen LogP contribution in [0.4, 0.5) is 0 Å². The van der Waals surface area contributed by atoms with Crippen LogP contribution < -0.4 is 10.3 Å². The Kier molecular flexibility index (Phi) is 9.03. The fourth-order valence-corrected chi connectivity index (χ4v) is 5.19. The van der Waals surface area contributed by atoms with Crippen molar-refractivity contribution < 1.29 is 18.3 Å². The molecule has 0 radical (unpaired) electrons. The number of fused-ring (bicyclic) bond motifs is 1. The summed E-state index contributed by atoms with van der Waals surface area (Å²) >= 11 is 0. The zero-order valence-electron chi connectivity index (χ0n) is 20.9. The second-order valence-corrected chi connectivity index (χ2v) is 10.5. The van der Waals surface area contributed by atoms with E-state index in [0.717, 1.165) is 25.7 Å². The molecule has 0 atom stereocenters. The lowest BCUT2D eigenvalue weighted by Gasteiger charge is -2.18. The third-order valence-corrected chi connectivity index (χ3v) is 7.69. The number of aromatic amines is 1. The molecule has 192 valence electrons. The summed E-state index contributed by atoms with van der Waals surface area (Å²) in [5.74, 6) is 1.31. The van der Waals surface area contributed by atoms with E-state index in [9.17, 15) is 13.2 Å². The maximum Gasteiger partial charge on any atom is 0.277 e. The normalized spacial score (nSPS) is 12.1. The molecule has 10 nitrogen and oxygen atoms in total. The van der Waals surface area contributed by atoms with Crippen LogP contribution in [0.25, 0.3) is 16.9 Å². The summed E-state index contributed by atoms with van der Waals surface area (Å²) in [5, 5.41) is 13.7. The van der Waals surface area contributed by atoms with E-state index in [0.29, 0.717) is 47.8 Å². The summed E-state index contributed by atoms with van der Waals surface area (Å²) in [6.07, 6.45) is 5.28. The first-order valence-electron chi connectivity index (χ1n) is 12.1. The van der Waals surface area contributed by atoms with Crippen molar-refractivity contribution >= 4 is 15.5 Å². The standard InChI is InChI=1S/C24H35N5O5S/c1-5-7-8-9-11-21-25-17(3)22-24(31)26-23(27-29(21)22)19-16-18(12-13-20(19)34-6-2)35(32,33)28(4)14-10-15-30/h12-13,16,30H,5-11,14-15H2,1-4H3,(H,26,27,31). The average molecular weight is 506 g/mol. The number of aromatic nitrogens is 4. The largest absolute Gasteiger partial charge is 0.493 e. The molecule has 11 heteroatoms. The van der Waals surface area contributed by atoms with Gasteiger partial charge in [0.15, 0.2) is 11.3 Å². The van der Waals surface area contributed by atoms with Crippen LogP contribution in [-0.4, -0.2) is 64.2 Å². The van der Waals surface area contributed by atoms with Crippen molar-refractivity contribution in [1.82, 2.24) is 23.9 Å². The van der Waals surface area contributed by atoms with Gasteiger partial charge >= 0.3 is 0 Å². The highest BCUT2D eigenvalue weighted by Crippen LogP contribution is 2.31. The zero-order chi connectivity index (χ0) is 25.6. The Bertz CT molecular complexity index is 1320. The van der Waals surface area contributed by atoms with Gasteiger partial charge in [-0.25, -0.2) is 22.2 Å². The van der Waals surface area contributed by atoms with Crippen LogP contribution in [-0.2, 0) is 16.4 Å². The molecule has 35 heavy (non-hydrogen) atoms. The monoisotopic (exact) mass is 505 g/mol. The summed E-state index contributed by atoms with van der Waals surface area (Å²) in [4.78, 5) is 20.4. The Balaban J connectivity index is 2.11. The minimum atomic E-state index is -3.82. The van der Waals surface area contributed by atoms with Crippen molar-refractivity contribution in [3.8, 4) is 17.1 Å². The van der Waals surface area contributed by atoms with Gasteiger partial charge in [0.05, 0.1) is 22.8 Å². The van der Waals surface area contributed by atoms with E-state index in [-0.39, 0.29) is 29.4 Å². The molecule has 0 fully saturated rings. The van der Waals surface area contributed by atoms with Crippen LogP contribution in [0.1, 0.15) is 57.5 Å². The minimum absolute atomic E-state index is 0.0424. The Labute approximate surface area is 206 Å². The third kappa shape index (κ3) is 5.91. The van der Waals surface area contributed by atoms with Crippen LogP contribution in [0.5, 0.6) is 5.75 Å². The number of nitrogens with zero attached hydrogens (tertiary/aromatic N) is 4. The number of imidazole rings is 1. The van der Waals surface area contributed by atoms with Crippen LogP contribution in [0, 0.1) is 6.92 Å². The van der Waals surface area contributed by atoms with Gasteiger partial charge in [-0.05, 0) is 44.9 Å². The number of aryl methyl sites for hydroxylation is 2. The highest BCUT2D eigenvalue weighted by molar-refractivity contribution is 7.89. The number of sulfonamides is 1. The second kappa shape index (κ2) is 11.8. The fourth-order valence-electron chi connectivity index (χ4n) is 3.96. The molecule has 0 aliphatic heterocycles. The topological polar surface area (TPSA) is 130 Å². The molecule has 0 amide bonds. The molecule has 0 aliphatic carbocycles. The molecule has 0 saturated heterocycles.